The number of nitrogens with zero attached hydrogens (tertiary/aromatic N) is 2. The average Bonchev–Trinajstić information content (AvgIpc) is 2.92. The molecular formula is C17H27N3O. The van der Waals surface area contributed by atoms with Crippen LogP contribution in [0.2, 0.25) is 0 Å². The zero-order valence-corrected chi connectivity index (χ0v) is 13.4. The van der Waals surface area contributed by atoms with Gasteiger partial charge in [0.1, 0.15) is 0 Å². The van der Waals surface area contributed by atoms with Crippen molar-refractivity contribution in [3.63, 3.8) is 0 Å². The second-order valence-electron chi connectivity index (χ2n) is 6.50. The number of hydrogen-bond acceptors (Lipinski definition) is 3. The van der Waals surface area contributed by atoms with Crippen LogP contribution in [-0.4, -0.2) is 56.0 Å². The summed E-state index contributed by atoms with van der Waals surface area (Å²) < 4.78 is 0. The van der Waals surface area contributed by atoms with Crippen molar-refractivity contribution in [3.05, 3.63) is 35.9 Å². The Kier molecular flexibility index (Phi) is 5.37. The second-order valence-corrected chi connectivity index (χ2v) is 6.50. The quantitative estimate of drug-likeness (QED) is 0.863. The number of hydrogen-bond donors (Lipinski definition) is 1. The highest BCUT2D eigenvalue weighted by molar-refractivity contribution is 5.83. The molecule has 1 aromatic rings. The molecule has 0 bridgehead atoms. The highest BCUT2D eigenvalue weighted by atomic mass is 16.2. The minimum Gasteiger partial charge on any atom is -0.337 e. The lowest BCUT2D eigenvalue weighted by atomic mass is 9.88. The third-order valence-electron chi connectivity index (χ3n) is 4.21. The van der Waals surface area contributed by atoms with E-state index in [4.69, 9.17) is 0 Å². The number of carbonyl (C=O) groups is 1. The van der Waals surface area contributed by atoms with Crippen LogP contribution >= 0.6 is 0 Å². The van der Waals surface area contributed by atoms with Gasteiger partial charge in [-0.15, -0.1) is 0 Å². The maximum absolute atomic E-state index is 13.0. The summed E-state index contributed by atoms with van der Waals surface area (Å²) in [5, 5.41) is 3.32. The van der Waals surface area contributed by atoms with Gasteiger partial charge in [0.25, 0.3) is 0 Å². The SMILES string of the molecule is CN(C)CCN(Cc1ccccc1)C(=O)C1(C)CCNC1. The summed E-state index contributed by atoms with van der Waals surface area (Å²) in [6.45, 7) is 6.18. The van der Waals surface area contributed by atoms with E-state index in [0.717, 1.165) is 32.6 Å². The predicted octanol–water partition coefficient (Wildman–Crippen LogP) is 1.58. The summed E-state index contributed by atoms with van der Waals surface area (Å²) in [7, 11) is 4.09. The monoisotopic (exact) mass is 289 g/mol. The van der Waals surface area contributed by atoms with E-state index >= 15 is 0 Å². The Morgan fingerprint density at radius 1 is 1.24 bits per heavy atom. The molecule has 0 spiro atoms. The second kappa shape index (κ2) is 7.05. The summed E-state index contributed by atoms with van der Waals surface area (Å²) in [6.07, 6.45) is 0.930. The van der Waals surface area contributed by atoms with E-state index in [-0.39, 0.29) is 11.3 Å². The van der Waals surface area contributed by atoms with Gasteiger partial charge in [-0.2, -0.15) is 0 Å². The highest BCUT2D eigenvalue weighted by Crippen LogP contribution is 2.27. The van der Waals surface area contributed by atoms with Crippen molar-refractivity contribution >= 4 is 5.91 Å². The van der Waals surface area contributed by atoms with Gasteiger partial charge in [-0.3, -0.25) is 4.79 Å². The largest absolute Gasteiger partial charge is 0.337 e. The van der Waals surface area contributed by atoms with Crippen molar-refractivity contribution in [2.24, 2.45) is 5.41 Å². The molecule has 0 radical (unpaired) electrons. The fourth-order valence-corrected chi connectivity index (χ4v) is 2.76. The van der Waals surface area contributed by atoms with Gasteiger partial charge in [0, 0.05) is 26.2 Å². The predicted molar refractivity (Wildman–Crippen MR) is 86.0 cm³/mol. The molecule has 1 aliphatic rings. The number of benzene rings is 1. The van der Waals surface area contributed by atoms with E-state index in [1.165, 1.54) is 5.56 Å². The maximum atomic E-state index is 13.0. The lowest BCUT2D eigenvalue weighted by molar-refractivity contribution is -0.141. The molecule has 1 heterocycles. The average molecular weight is 289 g/mol. The molecule has 1 unspecified atom stereocenters. The molecule has 0 aliphatic carbocycles. The molecule has 4 heteroatoms. The molecule has 2 rings (SSSR count). The van der Waals surface area contributed by atoms with E-state index in [0.29, 0.717) is 6.54 Å². The third-order valence-corrected chi connectivity index (χ3v) is 4.21. The Hall–Kier alpha value is -1.39. The summed E-state index contributed by atoms with van der Waals surface area (Å²) >= 11 is 0. The van der Waals surface area contributed by atoms with Crippen LogP contribution in [0.25, 0.3) is 0 Å². The van der Waals surface area contributed by atoms with Crippen molar-refractivity contribution in [2.75, 3.05) is 40.3 Å². The number of nitrogens with one attached hydrogen (secondary N) is 1. The van der Waals surface area contributed by atoms with Gasteiger partial charge >= 0.3 is 0 Å². The molecule has 1 saturated heterocycles. The molecule has 1 aliphatic heterocycles. The Morgan fingerprint density at radius 2 is 1.95 bits per heavy atom. The first-order valence-electron chi connectivity index (χ1n) is 7.70. The molecule has 4 nitrogen and oxygen atoms in total. The highest BCUT2D eigenvalue weighted by Gasteiger charge is 2.39. The van der Waals surface area contributed by atoms with Gasteiger partial charge in [0.2, 0.25) is 5.91 Å². The van der Waals surface area contributed by atoms with Crippen LogP contribution in [0.15, 0.2) is 30.3 Å². The Balaban J connectivity index is 2.09. The fourth-order valence-electron chi connectivity index (χ4n) is 2.76. The van der Waals surface area contributed by atoms with E-state index in [1.807, 2.05) is 37.2 Å². The van der Waals surface area contributed by atoms with Crippen LogP contribution < -0.4 is 5.32 Å². The van der Waals surface area contributed by atoms with Gasteiger partial charge in [0.15, 0.2) is 0 Å². The fraction of sp³-hybridized carbons (Fsp3) is 0.588. The van der Waals surface area contributed by atoms with Crippen LogP contribution in [0.1, 0.15) is 18.9 Å². The molecular weight excluding hydrogens is 262 g/mol. The number of carbonyl (C=O) groups excluding carboxylic acids is 1. The Morgan fingerprint density at radius 3 is 2.52 bits per heavy atom. The van der Waals surface area contributed by atoms with Gasteiger partial charge in [-0.1, -0.05) is 30.3 Å². The lowest BCUT2D eigenvalue weighted by Crippen LogP contribution is -2.45. The zero-order chi connectivity index (χ0) is 15.3. The van der Waals surface area contributed by atoms with Crippen molar-refractivity contribution < 1.29 is 4.79 Å². The first kappa shape index (κ1) is 16.0. The molecule has 1 N–H and O–H groups in total. The topological polar surface area (TPSA) is 35.6 Å². The molecule has 1 aromatic carbocycles. The molecule has 1 atom stereocenters. The molecule has 1 fully saturated rings. The third kappa shape index (κ3) is 4.29. The summed E-state index contributed by atoms with van der Waals surface area (Å²) in [6, 6.07) is 10.2. The minimum absolute atomic E-state index is 0.249. The number of amides is 1. The van der Waals surface area contributed by atoms with E-state index < -0.39 is 0 Å². The normalized spacial score (nSPS) is 21.7. The van der Waals surface area contributed by atoms with E-state index in [2.05, 4.69) is 29.3 Å². The standard InChI is InChI=1S/C17H27N3O/c1-17(9-10-18-14-17)16(21)20(12-11-19(2)3)13-15-7-5-4-6-8-15/h4-8,18H,9-14H2,1-3H3. The first-order chi connectivity index (χ1) is 10.0. The van der Waals surface area contributed by atoms with E-state index in [9.17, 15) is 4.79 Å². The first-order valence-corrected chi connectivity index (χ1v) is 7.70. The van der Waals surface area contributed by atoms with E-state index in [1.54, 1.807) is 0 Å². The Labute approximate surface area is 128 Å². The number of rotatable bonds is 6. The molecule has 1 amide bonds. The maximum Gasteiger partial charge on any atom is 0.230 e. The summed E-state index contributed by atoms with van der Waals surface area (Å²) in [5.41, 5.74) is 0.945. The zero-order valence-electron chi connectivity index (χ0n) is 13.4. The molecule has 116 valence electrons. The summed E-state index contributed by atoms with van der Waals surface area (Å²) in [4.78, 5) is 17.1. The summed E-state index contributed by atoms with van der Waals surface area (Å²) in [5.74, 6) is 0.276. The smallest absolute Gasteiger partial charge is 0.230 e. The van der Waals surface area contributed by atoms with Gasteiger partial charge in [0.05, 0.1) is 5.41 Å². The van der Waals surface area contributed by atoms with Crippen LogP contribution in [0.4, 0.5) is 0 Å². The van der Waals surface area contributed by atoms with Crippen LogP contribution in [-0.2, 0) is 11.3 Å². The van der Waals surface area contributed by atoms with Crippen LogP contribution in [0, 0.1) is 5.41 Å². The van der Waals surface area contributed by atoms with Crippen LogP contribution in [0.5, 0.6) is 0 Å². The molecule has 0 aromatic heterocycles. The van der Waals surface area contributed by atoms with Crippen molar-refractivity contribution in [3.8, 4) is 0 Å². The van der Waals surface area contributed by atoms with Crippen molar-refractivity contribution in [2.45, 2.75) is 19.9 Å². The van der Waals surface area contributed by atoms with Crippen LogP contribution in [0.3, 0.4) is 0 Å². The van der Waals surface area contributed by atoms with Crippen molar-refractivity contribution in [1.29, 1.82) is 0 Å². The van der Waals surface area contributed by atoms with Gasteiger partial charge in [-0.05, 0) is 39.5 Å². The minimum atomic E-state index is -0.249. The number of likely N-dealkylation sites (N-methyl/N-ethyl adjacent to an activating group) is 1. The van der Waals surface area contributed by atoms with Gasteiger partial charge in [-0.25, -0.2) is 0 Å². The lowest BCUT2D eigenvalue weighted by Gasteiger charge is -2.32. The molecule has 0 saturated carbocycles. The van der Waals surface area contributed by atoms with Gasteiger partial charge < -0.3 is 15.1 Å². The molecule has 21 heavy (non-hydrogen) atoms. The van der Waals surface area contributed by atoms with Crippen molar-refractivity contribution in [1.82, 2.24) is 15.1 Å². The Bertz CT molecular complexity index is 452.